The highest BCUT2D eigenvalue weighted by Gasteiger charge is 2.14. The first-order valence-corrected chi connectivity index (χ1v) is 21.8. The van der Waals surface area contributed by atoms with Crippen LogP contribution in [0.1, 0.15) is 212 Å². The lowest BCUT2D eigenvalue weighted by Gasteiger charge is -2.22. The molecule has 0 saturated heterocycles. The van der Waals surface area contributed by atoms with Crippen LogP contribution in [0.3, 0.4) is 0 Å². The standard InChI is InChI=1S/C27H53N3O5.5C3H8.C2H6/c1-5-6-7-8-9-10-11-12-13-14-15-16-27(33)35-24-22-30(21-23-34-4)26(32)17-19-28-25(31)18-20-29(2)3;5*1-3-2;1-2/h5-24H2,1-4H3,(H,28,31);5*3H2,1-2H3;1-2H3. The zero-order valence-corrected chi connectivity index (χ0v) is 38.6. The third-order valence-corrected chi connectivity index (χ3v) is 5.97. The molecule has 0 rings (SSSR count). The molecule has 0 bridgehead atoms. The molecule has 8 heteroatoms. The van der Waals surface area contributed by atoms with Gasteiger partial charge in [-0.05, 0) is 20.5 Å². The van der Waals surface area contributed by atoms with Gasteiger partial charge >= 0.3 is 5.97 Å². The van der Waals surface area contributed by atoms with Crippen molar-refractivity contribution in [3.63, 3.8) is 0 Å². The molecule has 0 aromatic carbocycles. The maximum absolute atomic E-state index is 12.5. The van der Waals surface area contributed by atoms with Crippen LogP contribution in [0.4, 0.5) is 0 Å². The normalized spacial score (nSPS) is 9.25. The highest BCUT2D eigenvalue weighted by molar-refractivity contribution is 5.79. The van der Waals surface area contributed by atoms with Gasteiger partial charge in [-0.3, -0.25) is 14.4 Å². The molecule has 2 amide bonds. The first-order chi connectivity index (χ1) is 25.0. The molecule has 0 aliphatic heterocycles. The number of carbonyl (C=O) groups is 3. The summed E-state index contributed by atoms with van der Waals surface area (Å²) in [7, 11) is 5.41. The zero-order chi connectivity index (χ0) is 41.7. The van der Waals surface area contributed by atoms with Crippen LogP contribution < -0.4 is 5.32 Å². The molecule has 0 atom stereocenters. The van der Waals surface area contributed by atoms with Gasteiger partial charge in [0.25, 0.3) is 0 Å². The highest BCUT2D eigenvalue weighted by Crippen LogP contribution is 2.12. The van der Waals surface area contributed by atoms with Gasteiger partial charge in [0.05, 0.1) is 13.2 Å². The monoisotopic (exact) mass is 750 g/mol. The van der Waals surface area contributed by atoms with E-state index in [-0.39, 0.29) is 30.8 Å². The van der Waals surface area contributed by atoms with Crippen LogP contribution in [0.5, 0.6) is 0 Å². The van der Waals surface area contributed by atoms with Crippen LogP contribution in [-0.4, -0.2) is 88.2 Å². The molecule has 8 nitrogen and oxygen atoms in total. The van der Waals surface area contributed by atoms with Crippen LogP contribution in [-0.2, 0) is 23.9 Å². The Morgan fingerprint density at radius 2 is 0.904 bits per heavy atom. The number of carbonyl (C=O) groups excluding carboxylic acids is 3. The molecule has 0 unspecified atom stereocenters. The van der Waals surface area contributed by atoms with E-state index in [1.54, 1.807) is 12.0 Å². The number of hydrogen-bond acceptors (Lipinski definition) is 6. The lowest BCUT2D eigenvalue weighted by molar-refractivity contribution is -0.146. The summed E-state index contributed by atoms with van der Waals surface area (Å²) in [6.45, 7) is 29.8. The minimum atomic E-state index is -0.201. The Kier molecular flexibility index (Phi) is 84.6. The Labute approximate surface area is 328 Å². The molecular weight excluding hydrogens is 651 g/mol. The number of unbranched alkanes of at least 4 members (excludes halogenated alkanes) is 10. The molecule has 0 aromatic heterocycles. The van der Waals surface area contributed by atoms with Crippen molar-refractivity contribution in [2.24, 2.45) is 0 Å². The number of esters is 1. The van der Waals surface area contributed by atoms with Gasteiger partial charge in [0.15, 0.2) is 0 Å². The fourth-order valence-corrected chi connectivity index (χ4v) is 3.72. The van der Waals surface area contributed by atoms with Crippen LogP contribution in [0.25, 0.3) is 0 Å². The fraction of sp³-hybridized carbons (Fsp3) is 0.932. The Hall–Kier alpha value is -1.67. The summed E-state index contributed by atoms with van der Waals surface area (Å²) in [5.41, 5.74) is 0. The van der Waals surface area contributed by atoms with E-state index in [0.29, 0.717) is 45.6 Å². The van der Waals surface area contributed by atoms with E-state index in [2.05, 4.69) is 81.5 Å². The molecule has 1 N–H and O–H groups in total. The second-order valence-corrected chi connectivity index (χ2v) is 13.1. The van der Waals surface area contributed by atoms with Gasteiger partial charge in [-0.2, -0.15) is 0 Å². The Balaban J connectivity index is -0.000000200. The van der Waals surface area contributed by atoms with Crippen molar-refractivity contribution in [3.05, 3.63) is 0 Å². The van der Waals surface area contributed by atoms with Gasteiger partial charge in [-0.25, -0.2) is 0 Å². The van der Waals surface area contributed by atoms with E-state index in [9.17, 15) is 14.4 Å². The molecule has 320 valence electrons. The van der Waals surface area contributed by atoms with Crippen LogP contribution in [0.15, 0.2) is 0 Å². The number of nitrogens with zero attached hydrogens (tertiary/aromatic N) is 2. The predicted octanol–water partition coefficient (Wildman–Crippen LogP) is 12.3. The quantitative estimate of drug-likeness (QED) is 0.0781. The number of amides is 2. The van der Waals surface area contributed by atoms with Crippen molar-refractivity contribution in [2.75, 3.05) is 60.6 Å². The van der Waals surface area contributed by atoms with Crippen molar-refractivity contribution in [1.82, 2.24) is 15.1 Å². The van der Waals surface area contributed by atoms with Gasteiger partial charge in [-0.15, -0.1) is 0 Å². The van der Waals surface area contributed by atoms with Crippen molar-refractivity contribution in [1.29, 1.82) is 0 Å². The topological polar surface area (TPSA) is 88.2 Å². The molecule has 0 aromatic rings. The summed E-state index contributed by atoms with van der Waals surface area (Å²) in [4.78, 5) is 39.9. The summed E-state index contributed by atoms with van der Waals surface area (Å²) in [5.74, 6) is -0.351. The summed E-state index contributed by atoms with van der Waals surface area (Å²) >= 11 is 0. The first-order valence-electron chi connectivity index (χ1n) is 21.8. The molecule has 0 saturated carbocycles. The fourth-order valence-electron chi connectivity index (χ4n) is 3.72. The minimum Gasteiger partial charge on any atom is -0.464 e. The molecule has 0 fully saturated rings. The molecule has 0 radical (unpaired) electrons. The van der Waals surface area contributed by atoms with Gasteiger partial charge in [-0.1, -0.05) is 186 Å². The van der Waals surface area contributed by atoms with Crippen molar-refractivity contribution in [2.45, 2.75) is 212 Å². The SMILES string of the molecule is CC.CCC.CCC.CCC.CCC.CCC.CCCCCCCCCCCCCC(=O)OCCN(CCOC)C(=O)CCNC(=O)CCN(C)C. The number of hydrogen-bond donors (Lipinski definition) is 1. The van der Waals surface area contributed by atoms with E-state index >= 15 is 0 Å². The highest BCUT2D eigenvalue weighted by atomic mass is 16.5. The maximum Gasteiger partial charge on any atom is 0.305 e. The van der Waals surface area contributed by atoms with Crippen molar-refractivity contribution < 1.29 is 23.9 Å². The van der Waals surface area contributed by atoms with Crippen LogP contribution in [0, 0.1) is 0 Å². The Morgan fingerprint density at radius 1 is 0.519 bits per heavy atom. The van der Waals surface area contributed by atoms with E-state index in [1.807, 2.05) is 32.8 Å². The largest absolute Gasteiger partial charge is 0.464 e. The van der Waals surface area contributed by atoms with E-state index in [0.717, 1.165) is 12.8 Å². The molecular formula is C44H99N3O5. The van der Waals surface area contributed by atoms with E-state index < -0.39 is 0 Å². The average molecular weight is 750 g/mol. The maximum atomic E-state index is 12.5. The zero-order valence-electron chi connectivity index (χ0n) is 38.6. The summed E-state index contributed by atoms with van der Waals surface area (Å²) in [6.07, 6.45) is 21.0. The average Bonchev–Trinajstić information content (AvgIpc) is 3.10. The second-order valence-electron chi connectivity index (χ2n) is 13.1. The third kappa shape index (κ3) is 82.0. The van der Waals surface area contributed by atoms with Crippen molar-refractivity contribution >= 4 is 17.8 Å². The number of rotatable bonds is 24. The molecule has 0 aliphatic carbocycles. The van der Waals surface area contributed by atoms with Gasteiger partial charge in [0, 0.05) is 46.0 Å². The lowest BCUT2D eigenvalue weighted by Crippen LogP contribution is -2.39. The summed E-state index contributed by atoms with van der Waals surface area (Å²) in [6, 6.07) is 0. The summed E-state index contributed by atoms with van der Waals surface area (Å²) < 4.78 is 10.4. The smallest absolute Gasteiger partial charge is 0.305 e. The Morgan fingerprint density at radius 3 is 1.29 bits per heavy atom. The third-order valence-electron chi connectivity index (χ3n) is 5.97. The number of nitrogens with one attached hydrogen (secondary N) is 1. The minimum absolute atomic E-state index is 0.0636. The van der Waals surface area contributed by atoms with E-state index in [1.165, 1.54) is 89.9 Å². The van der Waals surface area contributed by atoms with Gasteiger partial charge < -0.3 is 24.6 Å². The Bertz CT molecular complexity index is 607. The number of ether oxygens (including phenoxy) is 2. The lowest BCUT2D eigenvalue weighted by atomic mass is 10.1. The molecule has 0 aliphatic rings. The summed E-state index contributed by atoms with van der Waals surface area (Å²) in [5, 5.41) is 2.78. The van der Waals surface area contributed by atoms with E-state index in [4.69, 9.17) is 9.47 Å². The van der Waals surface area contributed by atoms with Gasteiger partial charge in [0.2, 0.25) is 11.8 Å². The number of methoxy groups -OCH3 is 1. The van der Waals surface area contributed by atoms with Crippen molar-refractivity contribution in [3.8, 4) is 0 Å². The molecule has 0 spiro atoms. The van der Waals surface area contributed by atoms with Crippen LogP contribution in [0.2, 0.25) is 0 Å². The first kappa shape index (κ1) is 65.2. The van der Waals surface area contributed by atoms with Crippen LogP contribution >= 0.6 is 0 Å². The second kappa shape index (κ2) is 67.5. The van der Waals surface area contributed by atoms with Gasteiger partial charge in [0.1, 0.15) is 6.61 Å². The predicted molar refractivity (Wildman–Crippen MR) is 232 cm³/mol. The molecule has 0 heterocycles. The molecule has 52 heavy (non-hydrogen) atoms.